The standard InChI is InChI=1S/C17H15BrN2O4/c1-22-12-5-10(6-13(9-12)23-2)7-16-19-17(24-20-16)14-8-11(18)3-4-15(14)21/h3-6,8-9,21H,7H2,1-2H3. The molecule has 3 rings (SSSR count). The average Bonchev–Trinajstić information content (AvgIpc) is 3.04. The first-order valence-corrected chi connectivity index (χ1v) is 7.92. The van der Waals surface area contributed by atoms with E-state index in [9.17, 15) is 5.11 Å². The maximum absolute atomic E-state index is 9.94. The Morgan fingerprint density at radius 2 is 1.79 bits per heavy atom. The van der Waals surface area contributed by atoms with Crippen molar-refractivity contribution in [1.29, 1.82) is 0 Å². The van der Waals surface area contributed by atoms with Crippen molar-refractivity contribution in [1.82, 2.24) is 10.1 Å². The fourth-order valence-corrected chi connectivity index (χ4v) is 2.63. The Kier molecular flexibility index (Phi) is 4.71. The van der Waals surface area contributed by atoms with Gasteiger partial charge < -0.3 is 19.1 Å². The highest BCUT2D eigenvalue weighted by Gasteiger charge is 2.14. The highest BCUT2D eigenvalue weighted by Crippen LogP contribution is 2.31. The summed E-state index contributed by atoms with van der Waals surface area (Å²) in [5, 5.41) is 13.9. The van der Waals surface area contributed by atoms with Crippen molar-refractivity contribution in [2.45, 2.75) is 6.42 Å². The molecule has 0 aliphatic heterocycles. The van der Waals surface area contributed by atoms with E-state index >= 15 is 0 Å². The molecule has 0 amide bonds. The molecule has 0 radical (unpaired) electrons. The molecule has 1 N–H and O–H groups in total. The van der Waals surface area contributed by atoms with Crippen molar-refractivity contribution in [2.24, 2.45) is 0 Å². The van der Waals surface area contributed by atoms with Crippen LogP contribution in [-0.4, -0.2) is 29.5 Å². The lowest BCUT2D eigenvalue weighted by molar-refractivity contribution is 0.393. The maximum atomic E-state index is 9.94. The van der Waals surface area contributed by atoms with Crippen molar-refractivity contribution in [3.8, 4) is 28.7 Å². The summed E-state index contributed by atoms with van der Waals surface area (Å²) >= 11 is 3.36. The smallest absolute Gasteiger partial charge is 0.261 e. The van der Waals surface area contributed by atoms with Gasteiger partial charge in [-0.3, -0.25) is 0 Å². The van der Waals surface area contributed by atoms with E-state index in [1.807, 2.05) is 12.1 Å². The fourth-order valence-electron chi connectivity index (χ4n) is 2.27. The molecule has 0 aliphatic carbocycles. The summed E-state index contributed by atoms with van der Waals surface area (Å²) < 4.78 is 16.6. The molecule has 0 bridgehead atoms. The molecule has 2 aromatic carbocycles. The van der Waals surface area contributed by atoms with Gasteiger partial charge in [0, 0.05) is 17.0 Å². The Balaban J connectivity index is 1.88. The molecule has 0 atom stereocenters. The van der Waals surface area contributed by atoms with Gasteiger partial charge >= 0.3 is 0 Å². The fraction of sp³-hybridized carbons (Fsp3) is 0.176. The largest absolute Gasteiger partial charge is 0.507 e. The first-order chi connectivity index (χ1) is 11.6. The zero-order valence-electron chi connectivity index (χ0n) is 13.1. The number of aromatic hydroxyl groups is 1. The number of halogens is 1. The van der Waals surface area contributed by atoms with Crippen LogP contribution in [0.2, 0.25) is 0 Å². The second-order valence-corrected chi connectivity index (χ2v) is 5.99. The minimum atomic E-state index is 0.0800. The Morgan fingerprint density at radius 3 is 2.46 bits per heavy atom. The average molecular weight is 391 g/mol. The molecule has 1 heterocycles. The van der Waals surface area contributed by atoms with Crippen LogP contribution in [-0.2, 0) is 6.42 Å². The number of aromatic nitrogens is 2. The monoisotopic (exact) mass is 390 g/mol. The van der Waals surface area contributed by atoms with E-state index in [2.05, 4.69) is 26.1 Å². The molecule has 24 heavy (non-hydrogen) atoms. The number of phenols is 1. The van der Waals surface area contributed by atoms with Gasteiger partial charge in [0.05, 0.1) is 19.8 Å². The molecule has 0 saturated carbocycles. The maximum Gasteiger partial charge on any atom is 0.261 e. The van der Waals surface area contributed by atoms with E-state index in [1.54, 1.807) is 38.5 Å². The molecule has 7 heteroatoms. The highest BCUT2D eigenvalue weighted by molar-refractivity contribution is 9.10. The van der Waals surface area contributed by atoms with Crippen molar-refractivity contribution in [2.75, 3.05) is 14.2 Å². The second kappa shape index (κ2) is 6.92. The topological polar surface area (TPSA) is 77.6 Å². The highest BCUT2D eigenvalue weighted by atomic mass is 79.9. The quantitative estimate of drug-likeness (QED) is 0.713. The van der Waals surface area contributed by atoms with Crippen molar-refractivity contribution >= 4 is 15.9 Å². The van der Waals surface area contributed by atoms with Gasteiger partial charge in [-0.05, 0) is 35.9 Å². The van der Waals surface area contributed by atoms with E-state index in [0.717, 1.165) is 10.0 Å². The molecule has 0 aliphatic rings. The van der Waals surface area contributed by atoms with Crippen molar-refractivity contribution in [3.05, 3.63) is 52.3 Å². The molecule has 6 nitrogen and oxygen atoms in total. The van der Waals surface area contributed by atoms with Crippen molar-refractivity contribution < 1.29 is 19.1 Å². The van der Waals surface area contributed by atoms with Crippen LogP contribution in [0.25, 0.3) is 11.5 Å². The summed E-state index contributed by atoms with van der Waals surface area (Å²) in [4.78, 5) is 4.35. The molecular formula is C17H15BrN2O4. The minimum Gasteiger partial charge on any atom is -0.507 e. The van der Waals surface area contributed by atoms with Crippen molar-refractivity contribution in [3.63, 3.8) is 0 Å². The zero-order chi connectivity index (χ0) is 17.1. The molecule has 0 unspecified atom stereocenters. The molecule has 0 spiro atoms. The summed E-state index contributed by atoms with van der Waals surface area (Å²) in [7, 11) is 3.20. The van der Waals surface area contributed by atoms with Gasteiger partial charge in [-0.1, -0.05) is 21.1 Å². The van der Waals surface area contributed by atoms with E-state index in [0.29, 0.717) is 29.3 Å². The normalized spacial score (nSPS) is 10.6. The number of rotatable bonds is 5. The number of hydrogen-bond acceptors (Lipinski definition) is 6. The van der Waals surface area contributed by atoms with Crippen LogP contribution < -0.4 is 9.47 Å². The Morgan fingerprint density at radius 1 is 1.08 bits per heavy atom. The number of nitrogens with zero attached hydrogens (tertiary/aromatic N) is 2. The SMILES string of the molecule is COc1cc(Cc2noc(-c3cc(Br)ccc3O)n2)cc(OC)c1. The van der Waals surface area contributed by atoms with Gasteiger partial charge in [0.15, 0.2) is 5.82 Å². The third kappa shape index (κ3) is 3.51. The van der Waals surface area contributed by atoms with Gasteiger partial charge in [0.25, 0.3) is 5.89 Å². The number of ether oxygens (including phenoxy) is 2. The van der Waals surface area contributed by atoms with Crippen LogP contribution in [0.1, 0.15) is 11.4 Å². The lowest BCUT2D eigenvalue weighted by Gasteiger charge is -2.06. The third-order valence-corrected chi connectivity index (χ3v) is 3.92. The van der Waals surface area contributed by atoms with E-state index in [1.165, 1.54) is 0 Å². The van der Waals surface area contributed by atoms with E-state index in [4.69, 9.17) is 14.0 Å². The molecule has 0 saturated heterocycles. The molecule has 0 fully saturated rings. The predicted octanol–water partition coefficient (Wildman–Crippen LogP) is 3.81. The number of benzene rings is 2. The molecule has 124 valence electrons. The van der Waals surface area contributed by atoms with Crippen LogP contribution in [0.15, 0.2) is 45.4 Å². The van der Waals surface area contributed by atoms with Crippen LogP contribution in [0.5, 0.6) is 17.2 Å². The van der Waals surface area contributed by atoms with Gasteiger partial charge in [-0.25, -0.2) is 0 Å². The lowest BCUT2D eigenvalue weighted by atomic mass is 10.1. The van der Waals surface area contributed by atoms with Gasteiger partial charge in [-0.15, -0.1) is 0 Å². The Labute approximate surface area is 147 Å². The second-order valence-electron chi connectivity index (χ2n) is 5.07. The Hall–Kier alpha value is -2.54. The van der Waals surface area contributed by atoms with Crippen LogP contribution in [0.4, 0.5) is 0 Å². The minimum absolute atomic E-state index is 0.0800. The number of methoxy groups -OCH3 is 2. The first-order valence-electron chi connectivity index (χ1n) is 7.12. The van der Waals surface area contributed by atoms with Crippen LogP contribution in [0.3, 0.4) is 0 Å². The van der Waals surface area contributed by atoms with Crippen LogP contribution >= 0.6 is 15.9 Å². The summed E-state index contributed by atoms with van der Waals surface area (Å²) in [5.41, 5.74) is 1.41. The lowest BCUT2D eigenvalue weighted by Crippen LogP contribution is -1.94. The molecule has 3 aromatic rings. The number of hydrogen-bond donors (Lipinski definition) is 1. The van der Waals surface area contributed by atoms with Gasteiger partial charge in [0.2, 0.25) is 0 Å². The number of phenolic OH excluding ortho intramolecular Hbond substituents is 1. The Bertz CT molecular complexity index is 841. The predicted molar refractivity (Wildman–Crippen MR) is 91.5 cm³/mol. The van der Waals surface area contributed by atoms with Crippen LogP contribution in [0, 0.1) is 0 Å². The summed E-state index contributed by atoms with van der Waals surface area (Å²) in [6, 6.07) is 10.6. The molecular weight excluding hydrogens is 376 g/mol. The van der Waals surface area contributed by atoms with E-state index in [-0.39, 0.29) is 11.6 Å². The summed E-state index contributed by atoms with van der Waals surface area (Å²) in [6.07, 6.45) is 0.450. The zero-order valence-corrected chi connectivity index (χ0v) is 14.7. The summed E-state index contributed by atoms with van der Waals surface area (Å²) in [5.74, 6) is 2.23. The molecule has 1 aromatic heterocycles. The van der Waals surface area contributed by atoms with E-state index < -0.39 is 0 Å². The summed E-state index contributed by atoms with van der Waals surface area (Å²) in [6.45, 7) is 0. The third-order valence-electron chi connectivity index (χ3n) is 3.43. The van der Waals surface area contributed by atoms with Gasteiger partial charge in [-0.2, -0.15) is 4.98 Å². The first kappa shape index (κ1) is 16.3. The van der Waals surface area contributed by atoms with Gasteiger partial charge in [0.1, 0.15) is 17.2 Å².